The molecule has 3 rings (SSSR count). The molecule has 3 N–H and O–H groups in total. The van der Waals surface area contributed by atoms with Gasteiger partial charge in [0.15, 0.2) is 0 Å². The van der Waals surface area contributed by atoms with Crippen molar-refractivity contribution < 1.29 is 22.8 Å². The zero-order chi connectivity index (χ0) is 19.7. The largest absolute Gasteiger partial charge is 0.372 e. The van der Waals surface area contributed by atoms with E-state index in [9.17, 15) is 13.0 Å². The number of benzene rings is 2. The number of sulfonamides is 1. The van der Waals surface area contributed by atoms with Crippen molar-refractivity contribution in [1.29, 1.82) is 0 Å². The van der Waals surface area contributed by atoms with Crippen molar-refractivity contribution in [2.45, 2.75) is 30.4 Å². The molecule has 1 unspecified atom stereocenters. The third-order valence-electron chi connectivity index (χ3n) is 4.67. The van der Waals surface area contributed by atoms with E-state index in [1.54, 1.807) is 12.1 Å². The fourth-order valence-corrected chi connectivity index (χ4v) is 5.07. The molecule has 9 heteroatoms. The Balaban J connectivity index is 1.75. The van der Waals surface area contributed by atoms with Gasteiger partial charge in [-0.2, -0.15) is 4.72 Å². The van der Waals surface area contributed by atoms with Crippen molar-refractivity contribution >= 4 is 23.3 Å². The van der Waals surface area contributed by atoms with Crippen LogP contribution in [0.1, 0.15) is 19.8 Å². The van der Waals surface area contributed by atoms with Gasteiger partial charge in [-0.1, -0.05) is 24.3 Å². The van der Waals surface area contributed by atoms with Crippen molar-refractivity contribution in [3.8, 4) is 11.1 Å². The molecule has 146 valence electrons. The molecule has 0 aromatic heterocycles. The lowest BCUT2D eigenvalue weighted by atomic mass is 10.1. The topological polar surface area (TPSA) is 107 Å². The predicted molar refractivity (Wildman–Crippen MR) is 105 cm³/mol. The normalized spacial score (nSPS) is 16.5. The number of anilines is 1. The second-order valence-electron chi connectivity index (χ2n) is 6.65. The average Bonchev–Trinajstić information content (AvgIpc) is 3.15. The molecule has 2 aromatic rings. The van der Waals surface area contributed by atoms with Gasteiger partial charge in [0.1, 0.15) is 5.78 Å². The maximum Gasteiger partial charge on any atom is 0.343 e. The van der Waals surface area contributed by atoms with Gasteiger partial charge in [0.2, 0.25) is 10.0 Å². The Kier molecular flexibility index (Phi) is 5.74. The fraction of sp³-hybridized carbons (Fsp3) is 0.333. The van der Waals surface area contributed by atoms with Crippen molar-refractivity contribution in [2.75, 3.05) is 18.0 Å². The molecule has 0 spiro atoms. The first-order valence-electron chi connectivity index (χ1n) is 8.70. The number of nitrogens with zero attached hydrogens (tertiary/aromatic N) is 1. The van der Waals surface area contributed by atoms with E-state index < -0.39 is 23.4 Å². The highest BCUT2D eigenvalue weighted by molar-refractivity contribution is 7.89. The average molecular weight is 410 g/mol. The molecule has 27 heavy (non-hydrogen) atoms. The van der Waals surface area contributed by atoms with Crippen LogP contribution in [-0.4, -0.2) is 37.1 Å². The zero-order valence-electron chi connectivity index (χ0n) is 14.9. The van der Waals surface area contributed by atoms with Crippen LogP contribution in [0, 0.1) is 0 Å². The summed E-state index contributed by atoms with van der Waals surface area (Å²) in [5.74, 6) is -1.49. The Morgan fingerprint density at radius 1 is 0.963 bits per heavy atom. The highest BCUT2D eigenvalue weighted by atomic mass is 32.2. The van der Waals surface area contributed by atoms with Crippen LogP contribution in [0.15, 0.2) is 53.4 Å². The van der Waals surface area contributed by atoms with Gasteiger partial charge < -0.3 is 14.7 Å². The summed E-state index contributed by atoms with van der Waals surface area (Å²) in [6.45, 7) is 3.28. The van der Waals surface area contributed by atoms with Gasteiger partial charge in [0.25, 0.3) is 0 Å². The Morgan fingerprint density at radius 2 is 1.44 bits per heavy atom. The van der Waals surface area contributed by atoms with E-state index in [0.717, 1.165) is 31.1 Å². The van der Waals surface area contributed by atoms with E-state index in [-0.39, 0.29) is 4.90 Å². The van der Waals surface area contributed by atoms with E-state index in [1.165, 1.54) is 30.7 Å². The molecule has 0 radical (unpaired) electrons. The van der Waals surface area contributed by atoms with Gasteiger partial charge in [-0.05, 0) is 55.2 Å². The van der Waals surface area contributed by atoms with Gasteiger partial charge in [-0.25, -0.2) is 8.42 Å². The molecular weight excluding hydrogens is 387 g/mol. The molecule has 0 amide bonds. The monoisotopic (exact) mass is 410 g/mol. The highest BCUT2D eigenvalue weighted by Gasteiger charge is 2.29. The summed E-state index contributed by atoms with van der Waals surface area (Å²) in [4.78, 5) is 20.4. The quantitative estimate of drug-likeness (QED) is 0.632. The van der Waals surface area contributed by atoms with Gasteiger partial charge >= 0.3 is 7.60 Å². The fourth-order valence-electron chi connectivity index (χ4n) is 3.03. The Morgan fingerprint density at radius 3 is 1.93 bits per heavy atom. The summed E-state index contributed by atoms with van der Waals surface area (Å²) in [5.41, 5.74) is 3.02. The van der Waals surface area contributed by atoms with Crippen molar-refractivity contribution in [3.63, 3.8) is 0 Å². The van der Waals surface area contributed by atoms with Crippen LogP contribution in [0.2, 0.25) is 0 Å². The maximum absolute atomic E-state index is 12.3. The predicted octanol–water partition coefficient (Wildman–Crippen LogP) is 2.76. The van der Waals surface area contributed by atoms with Crippen molar-refractivity contribution in [3.05, 3.63) is 48.5 Å². The lowest BCUT2D eigenvalue weighted by Crippen LogP contribution is -2.32. The summed E-state index contributed by atoms with van der Waals surface area (Å²) < 4.78 is 37.7. The molecule has 0 aliphatic carbocycles. The zero-order valence-corrected chi connectivity index (χ0v) is 16.7. The van der Waals surface area contributed by atoms with Crippen LogP contribution in [0.25, 0.3) is 11.1 Å². The summed E-state index contributed by atoms with van der Waals surface area (Å²) in [5, 5.41) is 0. The second kappa shape index (κ2) is 7.73. The lowest BCUT2D eigenvalue weighted by molar-refractivity contribution is 0.357. The Bertz CT molecular complexity index is 933. The summed E-state index contributed by atoms with van der Waals surface area (Å²) in [6, 6.07) is 14.4. The van der Waals surface area contributed by atoms with Crippen LogP contribution in [0.3, 0.4) is 0 Å². The van der Waals surface area contributed by atoms with Crippen molar-refractivity contribution in [1.82, 2.24) is 4.72 Å². The molecule has 0 saturated carbocycles. The first-order valence-corrected chi connectivity index (χ1v) is 11.9. The summed E-state index contributed by atoms with van der Waals surface area (Å²) in [7, 11) is -8.55. The molecular formula is C18H23N2O5PS. The van der Waals surface area contributed by atoms with E-state index in [0.29, 0.717) is 0 Å². The van der Waals surface area contributed by atoms with Gasteiger partial charge in [-0.15, -0.1) is 0 Å². The third-order valence-corrected chi connectivity index (χ3v) is 7.54. The van der Waals surface area contributed by atoms with Gasteiger partial charge in [-0.3, -0.25) is 4.57 Å². The maximum atomic E-state index is 12.3. The molecule has 1 atom stereocenters. The van der Waals surface area contributed by atoms with E-state index in [2.05, 4.69) is 17.0 Å². The summed E-state index contributed by atoms with van der Waals surface area (Å²) >= 11 is 0. The van der Waals surface area contributed by atoms with E-state index >= 15 is 0 Å². The molecule has 2 aromatic carbocycles. The molecule has 1 saturated heterocycles. The molecule has 1 fully saturated rings. The van der Waals surface area contributed by atoms with Gasteiger partial charge in [0.05, 0.1) is 4.90 Å². The van der Waals surface area contributed by atoms with Crippen LogP contribution >= 0.6 is 7.60 Å². The van der Waals surface area contributed by atoms with Crippen LogP contribution in [0.4, 0.5) is 5.69 Å². The Hall–Kier alpha value is -1.70. The first kappa shape index (κ1) is 20.0. The highest BCUT2D eigenvalue weighted by Crippen LogP contribution is 2.39. The van der Waals surface area contributed by atoms with Gasteiger partial charge in [0, 0.05) is 18.8 Å². The second-order valence-corrected chi connectivity index (χ2v) is 10.3. The minimum Gasteiger partial charge on any atom is -0.372 e. The Labute approximate surface area is 159 Å². The number of hydrogen-bond donors (Lipinski definition) is 3. The standard InChI is InChI=1S/C18H23N2O5PS/c1-14(26(21,22)23)19-27(24,25)18-10-6-16(7-11-18)15-4-8-17(9-5-15)20-12-2-3-13-20/h4-11,14,19H,2-3,12-13H2,1H3,(H2,21,22,23). The SMILES string of the molecule is CC(NS(=O)(=O)c1ccc(-c2ccc(N3CCCC3)cc2)cc1)P(=O)(O)O. The van der Waals surface area contributed by atoms with Crippen molar-refractivity contribution in [2.24, 2.45) is 0 Å². The molecule has 1 aliphatic rings. The lowest BCUT2D eigenvalue weighted by Gasteiger charge is -2.18. The molecule has 1 heterocycles. The van der Waals surface area contributed by atoms with Crippen LogP contribution < -0.4 is 9.62 Å². The minimum absolute atomic E-state index is 0.0414. The number of hydrogen-bond acceptors (Lipinski definition) is 4. The number of rotatable bonds is 6. The van der Waals surface area contributed by atoms with E-state index in [4.69, 9.17) is 9.79 Å². The number of nitrogens with one attached hydrogen (secondary N) is 1. The third kappa shape index (κ3) is 4.78. The van der Waals surface area contributed by atoms with Crippen LogP contribution in [0.5, 0.6) is 0 Å². The summed E-state index contributed by atoms with van der Waals surface area (Å²) in [6.07, 6.45) is 2.43. The molecule has 1 aliphatic heterocycles. The van der Waals surface area contributed by atoms with Crippen LogP contribution in [-0.2, 0) is 14.6 Å². The first-order chi connectivity index (χ1) is 12.7. The van der Waals surface area contributed by atoms with E-state index in [1.807, 2.05) is 16.9 Å². The smallest absolute Gasteiger partial charge is 0.343 e. The molecule has 0 bridgehead atoms. The minimum atomic E-state index is -4.54. The molecule has 7 nitrogen and oxygen atoms in total.